The topological polar surface area (TPSA) is 68.3 Å². The standard InChI is InChI=1S/C8H9ClN2O.C6H4O/c1-5(12)11-7-4-2-3-6(10)8(7)9;1-2-6-4-3-5(1)7-6/h2-4H,10H2,1H3,(H,11,12);1-4H. The number of nitrogens with two attached hydrogens (primary N) is 1. The van der Waals surface area contributed by atoms with Crippen molar-refractivity contribution in [1.29, 1.82) is 0 Å². The summed E-state index contributed by atoms with van der Waals surface area (Å²) in [7, 11) is 0. The van der Waals surface area contributed by atoms with E-state index in [1.165, 1.54) is 6.92 Å². The molecule has 2 aromatic heterocycles. The van der Waals surface area contributed by atoms with Gasteiger partial charge in [-0.05, 0) is 36.4 Å². The van der Waals surface area contributed by atoms with E-state index in [2.05, 4.69) is 5.32 Å². The highest BCUT2D eigenvalue weighted by molar-refractivity contribution is 6.36. The number of hydrogen-bond donors (Lipinski definition) is 2. The molecule has 98 valence electrons. The smallest absolute Gasteiger partial charge is 0.221 e. The molecule has 1 amide bonds. The van der Waals surface area contributed by atoms with Crippen LogP contribution in [0, 0.1) is 0 Å². The molecule has 19 heavy (non-hydrogen) atoms. The summed E-state index contributed by atoms with van der Waals surface area (Å²) in [5.74, 6) is -0.164. The molecule has 0 saturated heterocycles. The largest absolute Gasteiger partial charge is 0.457 e. The Balaban J connectivity index is 0.000000159. The lowest BCUT2D eigenvalue weighted by molar-refractivity contribution is -0.114. The second kappa shape index (κ2) is 5.63. The van der Waals surface area contributed by atoms with E-state index < -0.39 is 0 Å². The van der Waals surface area contributed by atoms with E-state index in [-0.39, 0.29) is 5.91 Å². The van der Waals surface area contributed by atoms with Crippen LogP contribution in [0.1, 0.15) is 6.92 Å². The van der Waals surface area contributed by atoms with Crippen molar-refractivity contribution < 1.29 is 9.21 Å². The Labute approximate surface area is 115 Å². The highest BCUT2D eigenvalue weighted by Gasteiger charge is 2.03. The highest BCUT2D eigenvalue weighted by Crippen LogP contribution is 2.27. The zero-order valence-electron chi connectivity index (χ0n) is 10.3. The van der Waals surface area contributed by atoms with Crippen LogP contribution in [-0.2, 0) is 4.79 Å². The van der Waals surface area contributed by atoms with Gasteiger partial charge in [-0.3, -0.25) is 4.79 Å². The van der Waals surface area contributed by atoms with Gasteiger partial charge in [0.25, 0.3) is 0 Å². The molecule has 3 rings (SSSR count). The molecule has 0 fully saturated rings. The van der Waals surface area contributed by atoms with Crippen LogP contribution in [0.25, 0.3) is 11.2 Å². The van der Waals surface area contributed by atoms with E-state index in [0.29, 0.717) is 16.4 Å². The summed E-state index contributed by atoms with van der Waals surface area (Å²) in [5.41, 5.74) is 8.45. The molecule has 5 heteroatoms. The number of benzene rings is 2. The molecule has 0 atom stereocenters. The monoisotopic (exact) mass is 276 g/mol. The fourth-order valence-corrected chi connectivity index (χ4v) is 1.72. The Kier molecular flexibility index (Phi) is 3.92. The second-order valence-corrected chi connectivity index (χ2v) is 4.34. The van der Waals surface area contributed by atoms with Crippen molar-refractivity contribution in [2.45, 2.75) is 6.92 Å². The third-order valence-electron chi connectivity index (χ3n) is 2.40. The van der Waals surface area contributed by atoms with Gasteiger partial charge in [-0.1, -0.05) is 17.7 Å². The predicted octanol–water partition coefficient (Wildman–Crippen LogP) is 3.75. The van der Waals surface area contributed by atoms with E-state index in [1.807, 2.05) is 24.3 Å². The maximum atomic E-state index is 10.7. The van der Waals surface area contributed by atoms with E-state index >= 15 is 0 Å². The van der Waals surface area contributed by atoms with E-state index in [1.54, 1.807) is 18.2 Å². The third kappa shape index (κ3) is 3.39. The first-order valence-electron chi connectivity index (χ1n) is 5.66. The van der Waals surface area contributed by atoms with Gasteiger partial charge in [-0.2, -0.15) is 0 Å². The highest BCUT2D eigenvalue weighted by atomic mass is 35.5. The Morgan fingerprint density at radius 2 is 1.74 bits per heavy atom. The molecule has 3 N–H and O–H groups in total. The summed E-state index contributed by atoms with van der Waals surface area (Å²) in [6.07, 6.45) is 0. The number of carbonyl (C=O) groups is 1. The van der Waals surface area contributed by atoms with Crippen molar-refractivity contribution in [3.8, 4) is 0 Å². The number of amides is 1. The molecule has 1 aromatic carbocycles. The average Bonchev–Trinajstić information content (AvgIpc) is 3.00. The van der Waals surface area contributed by atoms with E-state index in [0.717, 1.165) is 11.2 Å². The summed E-state index contributed by atoms with van der Waals surface area (Å²) in [5, 5.41) is 2.95. The SMILES string of the molecule is CC(=O)Nc1cccc(N)c1Cl.c1cc2ccc1o2. The van der Waals surface area contributed by atoms with Crippen molar-refractivity contribution in [2.75, 3.05) is 11.1 Å². The number of anilines is 2. The minimum Gasteiger partial charge on any atom is -0.457 e. The summed E-state index contributed by atoms with van der Waals surface area (Å²) in [6, 6.07) is 12.9. The number of furan rings is 2. The van der Waals surface area contributed by atoms with Crippen LogP contribution in [0.15, 0.2) is 46.9 Å². The van der Waals surface area contributed by atoms with E-state index in [9.17, 15) is 4.79 Å². The molecule has 0 aliphatic heterocycles. The maximum absolute atomic E-state index is 10.7. The first kappa shape index (κ1) is 13.2. The van der Waals surface area contributed by atoms with Gasteiger partial charge >= 0.3 is 0 Å². The van der Waals surface area contributed by atoms with E-state index in [4.69, 9.17) is 21.8 Å². The maximum Gasteiger partial charge on any atom is 0.221 e. The molecule has 0 spiro atoms. The predicted molar refractivity (Wildman–Crippen MR) is 77.6 cm³/mol. The van der Waals surface area contributed by atoms with Gasteiger partial charge in [0.15, 0.2) is 0 Å². The van der Waals surface area contributed by atoms with Crippen molar-refractivity contribution >= 4 is 40.0 Å². The second-order valence-electron chi connectivity index (χ2n) is 3.96. The number of nitrogens with one attached hydrogen (secondary N) is 1. The molecule has 3 aromatic rings. The van der Waals surface area contributed by atoms with Crippen LogP contribution < -0.4 is 11.1 Å². The van der Waals surface area contributed by atoms with Gasteiger partial charge in [0, 0.05) is 6.92 Å². The van der Waals surface area contributed by atoms with Gasteiger partial charge in [-0.15, -0.1) is 0 Å². The lowest BCUT2D eigenvalue weighted by Gasteiger charge is -2.05. The molecular weight excluding hydrogens is 264 g/mol. The quantitative estimate of drug-likeness (QED) is 0.665. The minimum atomic E-state index is -0.164. The first-order chi connectivity index (χ1) is 9.06. The third-order valence-corrected chi connectivity index (χ3v) is 2.82. The summed E-state index contributed by atoms with van der Waals surface area (Å²) >= 11 is 5.80. The van der Waals surface area contributed by atoms with Gasteiger partial charge in [0.05, 0.1) is 16.4 Å². The van der Waals surface area contributed by atoms with Crippen LogP contribution in [-0.4, -0.2) is 5.91 Å². The van der Waals surface area contributed by atoms with Crippen molar-refractivity contribution in [3.63, 3.8) is 0 Å². The normalized spacial score (nSPS) is 10.0. The molecule has 2 heterocycles. The van der Waals surface area contributed by atoms with Gasteiger partial charge in [-0.25, -0.2) is 0 Å². The fourth-order valence-electron chi connectivity index (χ4n) is 1.55. The summed E-state index contributed by atoms with van der Waals surface area (Å²) in [6.45, 7) is 1.42. The number of nitrogen functional groups attached to an aromatic ring is 1. The van der Waals surface area contributed by atoms with Crippen LogP contribution in [0.3, 0.4) is 0 Å². The number of rotatable bonds is 1. The molecule has 0 aliphatic rings. The molecule has 0 aliphatic carbocycles. The number of fused-ring (bicyclic) bond motifs is 2. The first-order valence-corrected chi connectivity index (χ1v) is 6.03. The Morgan fingerprint density at radius 3 is 2.16 bits per heavy atom. The number of halogens is 1. The van der Waals surface area contributed by atoms with Crippen LogP contribution in [0.4, 0.5) is 11.4 Å². The van der Waals surface area contributed by atoms with Crippen molar-refractivity contribution in [1.82, 2.24) is 0 Å². The summed E-state index contributed by atoms with van der Waals surface area (Å²) < 4.78 is 5.08. The zero-order valence-corrected chi connectivity index (χ0v) is 11.1. The molecule has 0 unspecified atom stereocenters. The Bertz CT molecular complexity index is 633. The molecular formula is C14H13ClN2O2. The van der Waals surface area contributed by atoms with Crippen molar-refractivity contribution in [2.24, 2.45) is 0 Å². The molecule has 4 nitrogen and oxygen atoms in total. The molecule has 0 saturated carbocycles. The average molecular weight is 277 g/mol. The lowest BCUT2D eigenvalue weighted by Crippen LogP contribution is -2.06. The van der Waals surface area contributed by atoms with Gasteiger partial charge < -0.3 is 15.5 Å². The summed E-state index contributed by atoms with van der Waals surface area (Å²) in [4.78, 5) is 10.7. The zero-order chi connectivity index (χ0) is 13.8. The van der Waals surface area contributed by atoms with Gasteiger partial charge in [0.1, 0.15) is 11.2 Å². The number of carbonyl (C=O) groups excluding carboxylic acids is 1. The minimum absolute atomic E-state index is 0.164. The Morgan fingerprint density at radius 1 is 1.16 bits per heavy atom. The molecule has 0 radical (unpaired) electrons. The molecule has 2 bridgehead atoms. The van der Waals surface area contributed by atoms with Gasteiger partial charge in [0.2, 0.25) is 5.91 Å². The van der Waals surface area contributed by atoms with Crippen LogP contribution in [0.2, 0.25) is 5.02 Å². The number of hydrogen-bond acceptors (Lipinski definition) is 3. The van der Waals surface area contributed by atoms with Crippen LogP contribution >= 0.6 is 11.6 Å². The Hall–Kier alpha value is -2.20. The van der Waals surface area contributed by atoms with Crippen molar-refractivity contribution in [3.05, 3.63) is 47.5 Å². The lowest BCUT2D eigenvalue weighted by atomic mass is 10.3. The fraction of sp³-hybridized carbons (Fsp3) is 0.0714. The van der Waals surface area contributed by atoms with Crippen LogP contribution in [0.5, 0.6) is 0 Å².